The number of rotatable bonds is 6. The third-order valence-electron chi connectivity index (χ3n) is 4.66. The second kappa shape index (κ2) is 10.4. The molecule has 0 saturated carbocycles. The van der Waals surface area contributed by atoms with E-state index < -0.39 is 0 Å². The lowest BCUT2D eigenvalue weighted by atomic mass is 10.1. The summed E-state index contributed by atoms with van der Waals surface area (Å²) >= 11 is 0. The van der Waals surface area contributed by atoms with Gasteiger partial charge in [0, 0.05) is 45.1 Å². The Morgan fingerprint density at radius 2 is 2.18 bits per heavy atom. The number of nitrogens with one attached hydrogen (secondary N) is 2. The predicted molar refractivity (Wildman–Crippen MR) is 120 cm³/mol. The molecule has 9 nitrogen and oxygen atoms in total. The van der Waals surface area contributed by atoms with Crippen LogP contribution in [0.5, 0.6) is 0 Å². The lowest BCUT2D eigenvalue weighted by Gasteiger charge is -2.35. The number of guanidine groups is 1. The second-order valence-corrected chi connectivity index (χ2v) is 6.70. The minimum absolute atomic E-state index is 0. The van der Waals surface area contributed by atoms with Crippen LogP contribution in [0.25, 0.3) is 0 Å². The molecule has 1 amide bonds. The number of hydrogen-bond donors (Lipinski definition) is 2. The summed E-state index contributed by atoms with van der Waals surface area (Å²) in [4.78, 5) is 21.1. The van der Waals surface area contributed by atoms with E-state index in [1.54, 1.807) is 15.8 Å². The van der Waals surface area contributed by atoms with Gasteiger partial charge < -0.3 is 15.1 Å². The molecule has 1 aliphatic rings. The molecule has 2 N–H and O–H groups in total. The Bertz CT molecular complexity index is 799. The fourth-order valence-corrected chi connectivity index (χ4v) is 3.18. The Kier molecular flexibility index (Phi) is 8.27. The van der Waals surface area contributed by atoms with Gasteiger partial charge in [-0.05, 0) is 32.3 Å². The highest BCUT2D eigenvalue weighted by Crippen LogP contribution is 2.16. The van der Waals surface area contributed by atoms with Crippen LogP contribution in [0.2, 0.25) is 0 Å². The second-order valence-electron chi connectivity index (χ2n) is 6.70. The van der Waals surface area contributed by atoms with Gasteiger partial charge in [0.1, 0.15) is 6.54 Å². The number of carbonyl (C=O) groups excluding carboxylic acids is 1. The Hall–Kier alpha value is -2.11. The van der Waals surface area contributed by atoms with Gasteiger partial charge >= 0.3 is 0 Å². The number of aromatic nitrogens is 4. The van der Waals surface area contributed by atoms with E-state index in [2.05, 4.69) is 20.6 Å². The summed E-state index contributed by atoms with van der Waals surface area (Å²) in [6, 6.07) is 0. The zero-order valence-electron chi connectivity index (χ0n) is 16.7. The van der Waals surface area contributed by atoms with Crippen LogP contribution in [0.15, 0.2) is 23.6 Å². The number of carbonyl (C=O) groups is 1. The first kappa shape index (κ1) is 22.2. The molecule has 0 bridgehead atoms. The average Bonchev–Trinajstić information content (AvgIpc) is 3.26. The van der Waals surface area contributed by atoms with Gasteiger partial charge in [-0.25, -0.2) is 0 Å². The number of aromatic amines is 1. The van der Waals surface area contributed by atoms with E-state index in [0.717, 1.165) is 43.3 Å². The molecule has 0 aromatic carbocycles. The summed E-state index contributed by atoms with van der Waals surface area (Å²) in [7, 11) is 1.85. The number of anilines is 1. The Morgan fingerprint density at radius 1 is 1.36 bits per heavy atom. The molecular formula is C18H29IN8O. The number of H-pyrrole nitrogens is 1. The Balaban J connectivity index is 0.00000280. The highest BCUT2D eigenvalue weighted by atomic mass is 127. The standard InChI is InChI=1S/C18H28N8O.HI/c1-4-19-18(20-7-5-6-15-10-21-23-14(15)2)25-8-9-26(17(27)13-25)16-11-22-24(3)12-16;/h10-12H,4-9,13H2,1-3H3,(H,19,20)(H,21,23);1H. The molecule has 2 aromatic rings. The molecule has 1 saturated heterocycles. The molecule has 0 aliphatic carbocycles. The number of hydrogen-bond acceptors (Lipinski definition) is 4. The molecule has 0 spiro atoms. The summed E-state index contributed by atoms with van der Waals surface area (Å²) in [6.07, 6.45) is 7.35. The van der Waals surface area contributed by atoms with Gasteiger partial charge in [-0.1, -0.05) is 0 Å². The molecule has 1 fully saturated rings. The van der Waals surface area contributed by atoms with Crippen LogP contribution in [-0.2, 0) is 18.3 Å². The molecule has 0 atom stereocenters. The van der Waals surface area contributed by atoms with Crippen LogP contribution in [0, 0.1) is 6.92 Å². The topological polar surface area (TPSA) is 94.4 Å². The summed E-state index contributed by atoms with van der Waals surface area (Å²) in [5.74, 6) is 0.870. The van der Waals surface area contributed by atoms with Crippen molar-refractivity contribution in [3.8, 4) is 0 Å². The third-order valence-corrected chi connectivity index (χ3v) is 4.66. The SMILES string of the molecule is CCNC(=NCCCc1cn[nH]c1C)N1CCN(c2cnn(C)c2)C(=O)C1.I. The van der Waals surface area contributed by atoms with Gasteiger partial charge in [-0.2, -0.15) is 10.2 Å². The van der Waals surface area contributed by atoms with Crippen molar-refractivity contribution in [3.05, 3.63) is 29.8 Å². The van der Waals surface area contributed by atoms with E-state index in [0.29, 0.717) is 19.6 Å². The molecular weight excluding hydrogens is 471 g/mol. The molecule has 10 heteroatoms. The smallest absolute Gasteiger partial charge is 0.246 e. The van der Waals surface area contributed by atoms with Crippen molar-refractivity contribution in [2.75, 3.05) is 37.6 Å². The molecule has 154 valence electrons. The quantitative estimate of drug-likeness (QED) is 0.270. The van der Waals surface area contributed by atoms with Crippen LogP contribution in [-0.4, -0.2) is 69.5 Å². The van der Waals surface area contributed by atoms with Crippen LogP contribution in [0.1, 0.15) is 24.6 Å². The molecule has 0 unspecified atom stereocenters. The average molecular weight is 500 g/mol. The molecule has 2 aromatic heterocycles. The van der Waals surface area contributed by atoms with Crippen molar-refractivity contribution < 1.29 is 4.79 Å². The fourth-order valence-electron chi connectivity index (χ4n) is 3.18. The lowest BCUT2D eigenvalue weighted by molar-refractivity contribution is -0.120. The molecule has 3 rings (SSSR count). The summed E-state index contributed by atoms with van der Waals surface area (Å²) in [5.41, 5.74) is 3.19. The lowest BCUT2D eigenvalue weighted by Crippen LogP contribution is -2.55. The number of amides is 1. The number of aliphatic imine (C=N–C) groups is 1. The first-order valence-electron chi connectivity index (χ1n) is 9.39. The largest absolute Gasteiger partial charge is 0.357 e. The van der Waals surface area contributed by atoms with Gasteiger partial charge in [-0.15, -0.1) is 24.0 Å². The van der Waals surface area contributed by atoms with Gasteiger partial charge in [0.25, 0.3) is 0 Å². The highest BCUT2D eigenvalue weighted by molar-refractivity contribution is 14.0. The maximum atomic E-state index is 12.6. The van der Waals surface area contributed by atoms with E-state index in [-0.39, 0.29) is 29.9 Å². The summed E-state index contributed by atoms with van der Waals surface area (Å²) in [5, 5.41) is 14.5. The number of piperazine rings is 1. The summed E-state index contributed by atoms with van der Waals surface area (Å²) < 4.78 is 1.71. The number of aryl methyl sites for hydroxylation is 3. The fraction of sp³-hybridized carbons (Fsp3) is 0.556. The first-order valence-corrected chi connectivity index (χ1v) is 9.39. The minimum Gasteiger partial charge on any atom is -0.357 e. The van der Waals surface area contributed by atoms with Crippen LogP contribution in [0.3, 0.4) is 0 Å². The van der Waals surface area contributed by atoms with Crippen LogP contribution < -0.4 is 10.2 Å². The van der Waals surface area contributed by atoms with Crippen molar-refractivity contribution in [2.45, 2.75) is 26.7 Å². The first-order chi connectivity index (χ1) is 13.1. The van der Waals surface area contributed by atoms with Crippen molar-refractivity contribution in [2.24, 2.45) is 12.0 Å². The van der Waals surface area contributed by atoms with Crippen molar-refractivity contribution >= 4 is 41.5 Å². The van der Waals surface area contributed by atoms with Crippen molar-refractivity contribution in [1.29, 1.82) is 0 Å². The molecule has 28 heavy (non-hydrogen) atoms. The van der Waals surface area contributed by atoms with E-state index in [4.69, 9.17) is 4.99 Å². The van der Waals surface area contributed by atoms with E-state index in [9.17, 15) is 4.79 Å². The third kappa shape index (κ3) is 5.46. The van der Waals surface area contributed by atoms with Gasteiger partial charge in [0.05, 0.1) is 18.1 Å². The van der Waals surface area contributed by atoms with Crippen molar-refractivity contribution in [1.82, 2.24) is 30.2 Å². The van der Waals surface area contributed by atoms with E-state index in [1.165, 1.54) is 5.56 Å². The normalized spacial score (nSPS) is 15.0. The number of halogens is 1. The van der Waals surface area contributed by atoms with Crippen LogP contribution in [0.4, 0.5) is 5.69 Å². The van der Waals surface area contributed by atoms with Crippen molar-refractivity contribution in [3.63, 3.8) is 0 Å². The monoisotopic (exact) mass is 500 g/mol. The molecule has 3 heterocycles. The number of nitrogens with zero attached hydrogens (tertiary/aromatic N) is 6. The molecule has 1 aliphatic heterocycles. The Morgan fingerprint density at radius 3 is 2.79 bits per heavy atom. The van der Waals surface area contributed by atoms with Gasteiger partial charge in [-0.3, -0.25) is 19.6 Å². The predicted octanol–water partition coefficient (Wildman–Crippen LogP) is 1.32. The maximum Gasteiger partial charge on any atom is 0.246 e. The Labute approximate surface area is 182 Å². The molecule has 0 radical (unpaired) electrons. The van der Waals surface area contributed by atoms with Gasteiger partial charge in [0.2, 0.25) is 5.91 Å². The van der Waals surface area contributed by atoms with Crippen LogP contribution >= 0.6 is 24.0 Å². The maximum absolute atomic E-state index is 12.6. The zero-order chi connectivity index (χ0) is 19.2. The van der Waals surface area contributed by atoms with Gasteiger partial charge in [0.15, 0.2) is 5.96 Å². The van der Waals surface area contributed by atoms with E-state index in [1.807, 2.05) is 38.2 Å². The van der Waals surface area contributed by atoms with E-state index >= 15 is 0 Å². The minimum atomic E-state index is 0. The highest BCUT2D eigenvalue weighted by Gasteiger charge is 2.27. The summed E-state index contributed by atoms with van der Waals surface area (Å²) in [6.45, 7) is 7.25. The zero-order valence-corrected chi connectivity index (χ0v) is 19.0.